The second kappa shape index (κ2) is 15.3. The molecule has 3 aromatic carbocycles. The molecule has 1 N–H and O–H groups in total. The Morgan fingerprint density at radius 3 is 2.37 bits per heavy atom. The minimum atomic E-state index is -4.20. The molecule has 0 aliphatic rings. The Labute approximate surface area is 255 Å². The van der Waals surface area contributed by atoms with E-state index in [2.05, 4.69) is 21.2 Å². The van der Waals surface area contributed by atoms with Gasteiger partial charge in [0.2, 0.25) is 11.8 Å². The number of nitrogens with zero attached hydrogens (tertiary/aromatic N) is 2. The summed E-state index contributed by atoms with van der Waals surface area (Å²) in [6, 6.07) is 19.8. The lowest BCUT2D eigenvalue weighted by molar-refractivity contribution is -0.139. The molecule has 0 aromatic heterocycles. The fraction of sp³-hybridized carbons (Fsp3) is 0.333. The molecule has 11 heteroatoms. The fourth-order valence-corrected chi connectivity index (χ4v) is 6.42. The summed E-state index contributed by atoms with van der Waals surface area (Å²) in [5, 5.41) is 2.85. The first-order valence-electron chi connectivity index (χ1n) is 13.3. The van der Waals surface area contributed by atoms with Crippen molar-refractivity contribution in [1.82, 2.24) is 10.2 Å². The number of carbonyl (C=O) groups is 2. The number of ether oxygens (including phenoxy) is 1. The van der Waals surface area contributed by atoms with Gasteiger partial charge in [0, 0.05) is 22.5 Å². The monoisotopic (exact) mass is 661 g/mol. The van der Waals surface area contributed by atoms with E-state index in [4.69, 9.17) is 4.74 Å². The molecule has 0 saturated carbocycles. The van der Waals surface area contributed by atoms with E-state index in [9.17, 15) is 18.0 Å². The van der Waals surface area contributed by atoms with Crippen molar-refractivity contribution in [2.75, 3.05) is 30.3 Å². The number of carbonyl (C=O) groups excluding carboxylic acids is 2. The third-order valence-corrected chi connectivity index (χ3v) is 9.33. The van der Waals surface area contributed by atoms with Gasteiger partial charge >= 0.3 is 0 Å². The lowest BCUT2D eigenvalue weighted by Gasteiger charge is -2.32. The Balaban J connectivity index is 2.07. The smallest absolute Gasteiger partial charge is 0.264 e. The van der Waals surface area contributed by atoms with E-state index in [1.807, 2.05) is 37.4 Å². The van der Waals surface area contributed by atoms with Crippen LogP contribution in [0.5, 0.6) is 5.75 Å². The van der Waals surface area contributed by atoms with Gasteiger partial charge in [-0.2, -0.15) is 0 Å². The topological polar surface area (TPSA) is 96.0 Å². The van der Waals surface area contributed by atoms with E-state index in [1.165, 1.54) is 28.8 Å². The van der Waals surface area contributed by atoms with Gasteiger partial charge in [-0.25, -0.2) is 8.42 Å². The van der Waals surface area contributed by atoms with E-state index in [1.54, 1.807) is 50.2 Å². The number of hydrogen-bond donors (Lipinski definition) is 1. The van der Waals surface area contributed by atoms with Gasteiger partial charge in [-0.3, -0.25) is 13.9 Å². The molecular formula is C30H36BrN3O5S2. The largest absolute Gasteiger partial charge is 0.492 e. The van der Waals surface area contributed by atoms with Gasteiger partial charge < -0.3 is 15.0 Å². The minimum Gasteiger partial charge on any atom is -0.492 e. The third-order valence-electron chi connectivity index (χ3n) is 6.32. The maximum Gasteiger partial charge on any atom is 0.264 e. The van der Waals surface area contributed by atoms with Crippen molar-refractivity contribution in [3.05, 3.63) is 82.8 Å². The average Bonchev–Trinajstić information content (AvgIpc) is 2.97. The number of sulfonamides is 1. The number of para-hydroxylation sites is 2. The summed E-state index contributed by atoms with van der Waals surface area (Å²) in [6.45, 7) is 5.76. The van der Waals surface area contributed by atoms with Crippen LogP contribution in [0.1, 0.15) is 32.8 Å². The Morgan fingerprint density at radius 1 is 1.02 bits per heavy atom. The molecule has 0 saturated heterocycles. The molecule has 0 fully saturated rings. The molecule has 0 heterocycles. The number of amides is 2. The number of rotatable bonds is 14. The molecule has 2 amide bonds. The summed E-state index contributed by atoms with van der Waals surface area (Å²) >= 11 is 4.96. The summed E-state index contributed by atoms with van der Waals surface area (Å²) < 4.78 is 35.9. The summed E-state index contributed by atoms with van der Waals surface area (Å²) in [5.41, 5.74) is 1.03. The maximum atomic E-state index is 14.1. The Kier molecular flexibility index (Phi) is 12.1. The molecule has 1 atom stereocenters. The van der Waals surface area contributed by atoms with Crippen LogP contribution in [-0.4, -0.2) is 57.1 Å². The average molecular weight is 663 g/mol. The first-order valence-corrected chi connectivity index (χ1v) is 16.8. The normalized spacial score (nSPS) is 11.9. The first-order chi connectivity index (χ1) is 19.6. The molecule has 1 unspecified atom stereocenters. The highest BCUT2D eigenvalue weighted by Crippen LogP contribution is 2.33. The Morgan fingerprint density at radius 2 is 1.73 bits per heavy atom. The number of anilines is 1. The van der Waals surface area contributed by atoms with Crippen molar-refractivity contribution in [3.63, 3.8) is 0 Å². The zero-order valence-electron chi connectivity index (χ0n) is 23.7. The van der Waals surface area contributed by atoms with Crippen LogP contribution in [-0.2, 0) is 26.2 Å². The number of hydrogen-bond acceptors (Lipinski definition) is 6. The molecule has 0 aliphatic carbocycles. The highest BCUT2D eigenvalue weighted by atomic mass is 79.9. The molecule has 41 heavy (non-hydrogen) atoms. The molecule has 8 nitrogen and oxygen atoms in total. The molecular weight excluding hydrogens is 626 g/mol. The van der Waals surface area contributed by atoms with Gasteiger partial charge in [-0.15, -0.1) is 11.8 Å². The van der Waals surface area contributed by atoms with Crippen molar-refractivity contribution in [2.45, 2.75) is 49.6 Å². The summed E-state index contributed by atoms with van der Waals surface area (Å²) in [7, 11) is -4.20. The van der Waals surface area contributed by atoms with Crippen LogP contribution in [0.25, 0.3) is 0 Å². The van der Waals surface area contributed by atoms with Crippen LogP contribution < -0.4 is 14.4 Å². The van der Waals surface area contributed by atoms with Crippen molar-refractivity contribution < 1.29 is 22.7 Å². The summed E-state index contributed by atoms with van der Waals surface area (Å²) in [5.74, 6) is -0.508. The lowest BCUT2D eigenvalue weighted by atomic mass is 10.1. The lowest BCUT2D eigenvalue weighted by Crippen LogP contribution is -2.51. The van der Waals surface area contributed by atoms with Crippen LogP contribution in [0, 0.1) is 0 Å². The number of halogens is 1. The molecule has 0 bridgehead atoms. The number of thioether (sulfide) groups is 1. The predicted octanol–water partition coefficient (Wildman–Crippen LogP) is 5.71. The molecule has 220 valence electrons. The van der Waals surface area contributed by atoms with Crippen LogP contribution in [0.15, 0.2) is 87.1 Å². The number of benzene rings is 3. The molecule has 0 radical (unpaired) electrons. The third kappa shape index (κ3) is 8.50. The van der Waals surface area contributed by atoms with Gasteiger partial charge in [0.15, 0.2) is 0 Å². The zero-order valence-corrected chi connectivity index (χ0v) is 26.9. The SMILES string of the molecule is CCCNC(=O)C(C)N(Cc1cccc(Br)c1)C(=O)CN(c1ccccc1OCC)S(=O)(=O)c1ccc(SC)cc1. The van der Waals surface area contributed by atoms with Crippen LogP contribution >= 0.6 is 27.7 Å². The summed E-state index contributed by atoms with van der Waals surface area (Å²) in [6.07, 6.45) is 2.65. The molecule has 0 aliphatic heterocycles. The van der Waals surface area contributed by atoms with Gasteiger partial charge in [0.25, 0.3) is 10.0 Å². The van der Waals surface area contributed by atoms with Crippen LogP contribution in [0.4, 0.5) is 5.69 Å². The van der Waals surface area contributed by atoms with Gasteiger partial charge in [-0.05, 0) is 80.6 Å². The zero-order chi connectivity index (χ0) is 30.0. The first kappa shape index (κ1) is 32.5. The van der Waals surface area contributed by atoms with E-state index >= 15 is 0 Å². The predicted molar refractivity (Wildman–Crippen MR) is 168 cm³/mol. The van der Waals surface area contributed by atoms with Crippen LogP contribution in [0.2, 0.25) is 0 Å². The van der Waals surface area contributed by atoms with E-state index in [0.29, 0.717) is 18.9 Å². The highest BCUT2D eigenvalue weighted by molar-refractivity contribution is 9.10. The van der Waals surface area contributed by atoms with E-state index in [-0.39, 0.29) is 23.0 Å². The fourth-order valence-electron chi connectivity index (χ4n) is 4.14. The van der Waals surface area contributed by atoms with Crippen LogP contribution in [0.3, 0.4) is 0 Å². The maximum absolute atomic E-state index is 14.1. The molecule has 0 spiro atoms. The molecule has 3 rings (SSSR count). The van der Waals surface area contributed by atoms with Crippen molar-refractivity contribution in [2.24, 2.45) is 0 Å². The van der Waals surface area contributed by atoms with Crippen molar-refractivity contribution in [1.29, 1.82) is 0 Å². The van der Waals surface area contributed by atoms with Gasteiger partial charge in [0.05, 0.1) is 17.2 Å². The quantitative estimate of drug-likeness (QED) is 0.223. The van der Waals surface area contributed by atoms with Gasteiger partial charge in [0.1, 0.15) is 18.3 Å². The van der Waals surface area contributed by atoms with Crippen molar-refractivity contribution in [3.8, 4) is 5.75 Å². The standard InChI is InChI=1S/C30H36BrN3O5S2/c1-5-18-32-30(36)22(3)33(20-23-10-9-11-24(31)19-23)29(35)21-34(27-12-7-8-13-28(27)39-6-2)41(37,38)26-16-14-25(40-4)15-17-26/h7-17,19,22H,5-6,18,20-21H2,1-4H3,(H,32,36). The second-order valence-electron chi connectivity index (χ2n) is 9.21. The Bertz CT molecular complexity index is 1430. The number of nitrogens with one attached hydrogen (secondary N) is 1. The minimum absolute atomic E-state index is 0.0432. The van der Waals surface area contributed by atoms with Crippen molar-refractivity contribution >= 4 is 55.2 Å². The Hall–Kier alpha value is -3.02. The second-order valence-corrected chi connectivity index (χ2v) is 12.9. The highest BCUT2D eigenvalue weighted by Gasteiger charge is 2.33. The van der Waals surface area contributed by atoms with E-state index < -0.39 is 28.5 Å². The molecule has 3 aromatic rings. The van der Waals surface area contributed by atoms with Gasteiger partial charge in [-0.1, -0.05) is 47.1 Å². The van der Waals surface area contributed by atoms with E-state index in [0.717, 1.165) is 25.7 Å². The summed E-state index contributed by atoms with van der Waals surface area (Å²) in [4.78, 5) is 29.4.